The maximum Gasteiger partial charge on any atom is 0.250 e. The highest BCUT2D eigenvalue weighted by atomic mass is 16.3. The SMILES string of the molecule is Cc1cc(C)c2c(c1)c(-c1ccccc1)c(-c1ccccc1)n2C[C@@H](O)CN1C[C@@H]2C[C@H](C1)c1cccc(=O)n1C2. The molecule has 1 fully saturated rings. The number of nitrogens with zero attached hydrogens (tertiary/aromatic N) is 3. The van der Waals surface area contributed by atoms with E-state index in [4.69, 9.17) is 0 Å². The average molecular weight is 544 g/mol. The normalized spacial score (nSPS) is 19.3. The van der Waals surface area contributed by atoms with Crippen LogP contribution < -0.4 is 5.56 Å². The van der Waals surface area contributed by atoms with Crippen molar-refractivity contribution >= 4 is 10.9 Å². The van der Waals surface area contributed by atoms with E-state index in [0.29, 0.717) is 24.9 Å². The molecule has 0 unspecified atom stereocenters. The zero-order valence-electron chi connectivity index (χ0n) is 23.8. The molecular weight excluding hydrogens is 506 g/mol. The minimum Gasteiger partial charge on any atom is -0.390 e. The molecule has 0 spiro atoms. The van der Waals surface area contributed by atoms with Crippen LogP contribution in [0.3, 0.4) is 0 Å². The van der Waals surface area contributed by atoms with Crippen molar-refractivity contribution in [2.24, 2.45) is 5.92 Å². The number of fused-ring (bicyclic) bond motifs is 5. The number of aliphatic hydroxyl groups excluding tert-OH is 1. The molecule has 2 aromatic heterocycles. The van der Waals surface area contributed by atoms with Crippen LogP contribution in [-0.4, -0.2) is 44.9 Å². The van der Waals surface area contributed by atoms with Crippen molar-refractivity contribution in [3.8, 4) is 22.4 Å². The van der Waals surface area contributed by atoms with Gasteiger partial charge in [-0.1, -0.05) is 78.4 Å². The summed E-state index contributed by atoms with van der Waals surface area (Å²) in [7, 11) is 0. The van der Waals surface area contributed by atoms with Gasteiger partial charge in [0.1, 0.15) is 0 Å². The predicted molar refractivity (Wildman–Crippen MR) is 166 cm³/mol. The Bertz CT molecular complexity index is 1770. The van der Waals surface area contributed by atoms with E-state index in [1.807, 2.05) is 10.6 Å². The van der Waals surface area contributed by atoms with Crippen LogP contribution in [0.4, 0.5) is 0 Å². The minimum absolute atomic E-state index is 0.110. The first-order valence-electron chi connectivity index (χ1n) is 14.8. The number of hydrogen-bond acceptors (Lipinski definition) is 3. The zero-order chi connectivity index (χ0) is 28.1. The van der Waals surface area contributed by atoms with Crippen molar-refractivity contribution in [2.75, 3.05) is 19.6 Å². The van der Waals surface area contributed by atoms with Gasteiger partial charge in [-0.2, -0.15) is 0 Å². The Morgan fingerprint density at radius 3 is 2.32 bits per heavy atom. The smallest absolute Gasteiger partial charge is 0.250 e. The number of hydrogen-bond donors (Lipinski definition) is 1. The fraction of sp³-hybridized carbons (Fsp3) is 0.306. The maximum absolute atomic E-state index is 12.5. The fourth-order valence-corrected chi connectivity index (χ4v) is 7.57. The minimum atomic E-state index is -0.533. The van der Waals surface area contributed by atoms with Gasteiger partial charge in [0, 0.05) is 54.8 Å². The predicted octanol–water partition coefficient (Wildman–Crippen LogP) is 6.23. The zero-order valence-corrected chi connectivity index (χ0v) is 23.8. The average Bonchev–Trinajstić information content (AvgIpc) is 3.28. The lowest BCUT2D eigenvalue weighted by molar-refractivity contribution is 0.0555. The van der Waals surface area contributed by atoms with Crippen LogP contribution in [0.1, 0.15) is 29.2 Å². The van der Waals surface area contributed by atoms with Gasteiger partial charge in [0.05, 0.1) is 23.9 Å². The van der Waals surface area contributed by atoms with E-state index in [1.54, 1.807) is 6.07 Å². The Morgan fingerprint density at radius 1 is 0.829 bits per heavy atom. The lowest BCUT2D eigenvalue weighted by Gasteiger charge is -2.43. The van der Waals surface area contributed by atoms with Crippen LogP contribution in [0.15, 0.2) is 95.8 Å². The molecule has 5 aromatic rings. The summed E-state index contributed by atoms with van der Waals surface area (Å²) in [6, 6.07) is 31.5. The van der Waals surface area contributed by atoms with Gasteiger partial charge in [-0.15, -0.1) is 0 Å². The second-order valence-corrected chi connectivity index (χ2v) is 12.1. The molecule has 4 heterocycles. The first kappa shape index (κ1) is 26.0. The first-order chi connectivity index (χ1) is 20.0. The summed E-state index contributed by atoms with van der Waals surface area (Å²) in [6.45, 7) is 8.05. The Morgan fingerprint density at radius 2 is 1.56 bits per heavy atom. The monoisotopic (exact) mass is 543 g/mol. The van der Waals surface area contributed by atoms with Crippen molar-refractivity contribution in [3.63, 3.8) is 0 Å². The van der Waals surface area contributed by atoms with Gasteiger partial charge >= 0.3 is 0 Å². The molecule has 0 aliphatic carbocycles. The van der Waals surface area contributed by atoms with E-state index >= 15 is 0 Å². The van der Waals surface area contributed by atoms with Gasteiger partial charge in [0.15, 0.2) is 0 Å². The van der Waals surface area contributed by atoms with Crippen LogP contribution in [0.2, 0.25) is 0 Å². The van der Waals surface area contributed by atoms with E-state index in [0.717, 1.165) is 43.0 Å². The number of piperidine rings is 1. The van der Waals surface area contributed by atoms with Crippen LogP contribution in [0.5, 0.6) is 0 Å². The molecule has 5 heteroatoms. The molecule has 1 N–H and O–H groups in total. The number of rotatable bonds is 6. The van der Waals surface area contributed by atoms with Crippen molar-refractivity contribution < 1.29 is 5.11 Å². The molecule has 0 saturated carbocycles. The summed E-state index contributed by atoms with van der Waals surface area (Å²) in [5.41, 5.74) is 9.63. The fourth-order valence-electron chi connectivity index (χ4n) is 7.57. The van der Waals surface area contributed by atoms with Crippen LogP contribution >= 0.6 is 0 Å². The lowest BCUT2D eigenvalue weighted by atomic mass is 9.83. The summed E-state index contributed by atoms with van der Waals surface area (Å²) >= 11 is 0. The highest BCUT2D eigenvalue weighted by Gasteiger charge is 2.35. The van der Waals surface area contributed by atoms with E-state index in [1.165, 1.54) is 33.2 Å². The van der Waals surface area contributed by atoms with Gasteiger partial charge < -0.3 is 14.2 Å². The van der Waals surface area contributed by atoms with Crippen molar-refractivity contribution in [1.82, 2.24) is 14.0 Å². The molecule has 2 aliphatic heterocycles. The molecule has 208 valence electrons. The van der Waals surface area contributed by atoms with Crippen LogP contribution in [-0.2, 0) is 13.1 Å². The van der Waals surface area contributed by atoms with E-state index in [2.05, 4.69) is 102 Å². The van der Waals surface area contributed by atoms with Gasteiger partial charge in [-0.05, 0) is 55.0 Å². The Labute approximate surface area is 241 Å². The van der Waals surface area contributed by atoms with Crippen molar-refractivity contribution in [1.29, 1.82) is 0 Å². The molecule has 2 aliphatic rings. The Kier molecular flexibility index (Phi) is 6.64. The van der Waals surface area contributed by atoms with Gasteiger partial charge in [-0.3, -0.25) is 9.69 Å². The number of aliphatic hydroxyl groups is 1. The second-order valence-electron chi connectivity index (χ2n) is 12.1. The highest BCUT2D eigenvalue weighted by Crippen LogP contribution is 2.43. The third-order valence-electron chi connectivity index (χ3n) is 9.02. The standard InChI is InChI=1S/C36H37N3O2/c1-24-16-25(2)35-31(17-24)34(27-10-5-3-6-11-27)36(28-12-7-4-8-13-28)39(35)23-30(40)22-37-19-26-18-29(21-37)32-14-9-15-33(41)38(32)20-26/h3-17,26,29-30,40H,18-23H2,1-2H3/t26-,29+,30-/m0/s1. The van der Waals surface area contributed by atoms with E-state index in [9.17, 15) is 9.90 Å². The quantitative estimate of drug-likeness (QED) is 0.276. The lowest BCUT2D eigenvalue weighted by Crippen LogP contribution is -2.49. The highest BCUT2D eigenvalue weighted by molar-refractivity contribution is 6.06. The molecule has 0 amide bonds. The molecule has 7 rings (SSSR count). The molecule has 5 nitrogen and oxygen atoms in total. The van der Waals surface area contributed by atoms with Crippen LogP contribution in [0, 0.1) is 19.8 Å². The Hall–Kier alpha value is -3.93. The molecular formula is C36H37N3O2. The number of β-amino-alcohol motifs (C(OH)–C–C–N with tert-alkyl or cyclic N) is 1. The summed E-state index contributed by atoms with van der Waals surface area (Å²) in [5, 5.41) is 12.9. The molecule has 1 saturated heterocycles. The Balaban J connectivity index is 1.27. The first-order valence-corrected chi connectivity index (χ1v) is 14.8. The molecule has 3 aromatic carbocycles. The number of aryl methyl sites for hydroxylation is 2. The van der Waals surface area contributed by atoms with Crippen molar-refractivity contribution in [2.45, 2.75) is 45.4 Å². The third-order valence-corrected chi connectivity index (χ3v) is 9.02. The molecule has 2 bridgehead atoms. The van der Waals surface area contributed by atoms with Crippen LogP contribution in [0.25, 0.3) is 33.3 Å². The summed E-state index contributed by atoms with van der Waals surface area (Å²) in [6.07, 6.45) is 0.587. The molecule has 0 radical (unpaired) electrons. The summed E-state index contributed by atoms with van der Waals surface area (Å²) in [5.74, 6) is 0.779. The van der Waals surface area contributed by atoms with Gasteiger partial charge in [0.25, 0.3) is 5.56 Å². The number of pyridine rings is 1. The topological polar surface area (TPSA) is 50.4 Å². The largest absolute Gasteiger partial charge is 0.390 e. The summed E-state index contributed by atoms with van der Waals surface area (Å²) in [4.78, 5) is 14.9. The van der Waals surface area contributed by atoms with Crippen molar-refractivity contribution in [3.05, 3.63) is 118 Å². The summed E-state index contributed by atoms with van der Waals surface area (Å²) < 4.78 is 4.34. The van der Waals surface area contributed by atoms with Gasteiger partial charge in [0.2, 0.25) is 0 Å². The van der Waals surface area contributed by atoms with E-state index < -0.39 is 6.10 Å². The molecule has 41 heavy (non-hydrogen) atoms. The van der Waals surface area contributed by atoms with Gasteiger partial charge in [-0.25, -0.2) is 0 Å². The second kappa shape index (κ2) is 10.5. The van der Waals surface area contributed by atoms with E-state index in [-0.39, 0.29) is 5.56 Å². The maximum atomic E-state index is 12.5. The third kappa shape index (κ3) is 4.73. The number of benzene rings is 3. The number of aromatic nitrogens is 2. The number of likely N-dealkylation sites (tertiary alicyclic amines) is 1. The molecule has 3 atom stereocenters.